The molecule has 7 N–H and O–H groups in total. The summed E-state index contributed by atoms with van der Waals surface area (Å²) in [6.07, 6.45) is 6.07. The van der Waals surface area contributed by atoms with Crippen LogP contribution in [-0.2, 0) is 35.0 Å². The maximum Gasteiger partial charge on any atom is 0.306 e. The van der Waals surface area contributed by atoms with Gasteiger partial charge in [-0.05, 0) is 70.4 Å². The van der Waals surface area contributed by atoms with Crippen LogP contribution in [0, 0.1) is 5.92 Å². The number of methoxy groups -OCH3 is 1. The van der Waals surface area contributed by atoms with Crippen LogP contribution in [0.5, 0.6) is 17.2 Å². The highest BCUT2D eigenvalue weighted by atomic mass is 16.7. The number of phenolic OH excluding ortho intramolecular Hbond substituents is 2. The Kier molecular flexibility index (Phi) is 17.2. The zero-order chi connectivity index (χ0) is 47.9. The van der Waals surface area contributed by atoms with E-state index >= 15 is 0 Å². The molecule has 6 rings (SSSR count). The van der Waals surface area contributed by atoms with Crippen LogP contribution in [0.2, 0.25) is 0 Å². The number of rotatable bonds is 19. The Morgan fingerprint density at radius 1 is 0.924 bits per heavy atom. The van der Waals surface area contributed by atoms with Crippen molar-refractivity contribution in [1.82, 2.24) is 5.43 Å². The molecule has 1 amide bonds. The van der Waals surface area contributed by atoms with Gasteiger partial charge in [-0.25, -0.2) is 5.43 Å². The number of carbonyl (C=O) groups excluding carboxylic acids is 4. The molecular weight excluding hydrogens is 851 g/mol. The first-order valence-corrected chi connectivity index (χ1v) is 23.6. The van der Waals surface area contributed by atoms with Crippen molar-refractivity contribution in [3.8, 4) is 17.2 Å². The molecule has 8 atom stereocenters. The summed E-state index contributed by atoms with van der Waals surface area (Å²) in [7, 11) is 1.35. The second-order valence-electron chi connectivity index (χ2n) is 18.8. The molecule has 1 heterocycles. The lowest BCUT2D eigenvalue weighted by Gasteiger charge is -2.43. The van der Waals surface area contributed by atoms with Crippen molar-refractivity contribution in [1.29, 1.82) is 0 Å². The number of nitrogens with two attached hydrogens (primary N) is 1. The Morgan fingerprint density at radius 3 is 2.27 bits per heavy atom. The molecule has 66 heavy (non-hydrogen) atoms. The molecule has 1 saturated heterocycles. The van der Waals surface area contributed by atoms with E-state index in [1.54, 1.807) is 6.92 Å². The Bertz CT molecular complexity index is 2170. The van der Waals surface area contributed by atoms with Gasteiger partial charge in [-0.3, -0.25) is 19.2 Å². The van der Waals surface area contributed by atoms with E-state index in [9.17, 15) is 39.6 Å². The van der Waals surface area contributed by atoms with E-state index in [4.69, 9.17) is 29.4 Å². The Balaban J connectivity index is 1.09. The number of amides is 1. The van der Waals surface area contributed by atoms with Crippen molar-refractivity contribution in [3.05, 3.63) is 62.7 Å². The van der Waals surface area contributed by atoms with Crippen LogP contribution < -0.4 is 15.9 Å². The lowest BCUT2D eigenvalue weighted by atomic mass is 9.71. The summed E-state index contributed by atoms with van der Waals surface area (Å²) in [5.74, 6) is -2.70. The summed E-state index contributed by atoms with van der Waals surface area (Å²) in [5, 5.41) is 51.3. The number of hydrogen-bond donors (Lipinski definition) is 6. The number of fused-ring (bicyclic) bond motifs is 3. The van der Waals surface area contributed by atoms with Crippen LogP contribution in [0.25, 0.3) is 0 Å². The Morgan fingerprint density at radius 2 is 1.61 bits per heavy atom. The third kappa shape index (κ3) is 11.5. The number of hydrazone groups is 1. The van der Waals surface area contributed by atoms with Crippen LogP contribution in [0.15, 0.2) is 34.4 Å². The van der Waals surface area contributed by atoms with Gasteiger partial charge in [-0.15, -0.1) is 0 Å². The molecule has 16 nitrogen and oxygen atoms in total. The molecule has 2 aromatic carbocycles. The number of unbranched alkanes of at least 4 members (excludes halogenated alkanes) is 7. The smallest absolute Gasteiger partial charge is 0.306 e. The van der Waals surface area contributed by atoms with E-state index in [0.29, 0.717) is 25.4 Å². The van der Waals surface area contributed by atoms with Gasteiger partial charge in [-0.1, -0.05) is 63.2 Å². The molecular formula is C50H69N3O13. The van der Waals surface area contributed by atoms with Gasteiger partial charge in [0.1, 0.15) is 29.0 Å². The second-order valence-corrected chi connectivity index (χ2v) is 18.8. The number of nitrogens with zero attached hydrogens (tertiary/aromatic N) is 1. The van der Waals surface area contributed by atoms with E-state index in [0.717, 1.165) is 64.2 Å². The predicted molar refractivity (Wildman–Crippen MR) is 245 cm³/mol. The molecule has 1 saturated carbocycles. The van der Waals surface area contributed by atoms with Gasteiger partial charge in [0.05, 0.1) is 54.4 Å². The van der Waals surface area contributed by atoms with E-state index < -0.39 is 82.8 Å². The van der Waals surface area contributed by atoms with Crippen molar-refractivity contribution in [3.63, 3.8) is 0 Å². The third-order valence-electron chi connectivity index (χ3n) is 13.5. The largest absolute Gasteiger partial charge is 0.507 e. The van der Waals surface area contributed by atoms with Crippen molar-refractivity contribution in [2.24, 2.45) is 16.8 Å². The van der Waals surface area contributed by atoms with Crippen LogP contribution in [-0.4, -0.2) is 106 Å². The highest BCUT2D eigenvalue weighted by molar-refractivity contribution is 6.31. The maximum atomic E-state index is 14.1. The quantitative estimate of drug-likeness (QED) is 0.0187. The zero-order valence-electron chi connectivity index (χ0n) is 39.3. The summed E-state index contributed by atoms with van der Waals surface area (Å²) in [5.41, 5.74) is 8.04. The number of ketones is 2. The molecule has 0 aromatic heterocycles. The van der Waals surface area contributed by atoms with Crippen molar-refractivity contribution in [2.45, 2.75) is 173 Å². The molecule has 0 unspecified atom stereocenters. The summed E-state index contributed by atoms with van der Waals surface area (Å²) in [4.78, 5) is 52.9. The molecule has 0 bridgehead atoms. The lowest BCUT2D eigenvalue weighted by molar-refractivity contribution is -0.245. The third-order valence-corrected chi connectivity index (χ3v) is 13.5. The number of aliphatic hydroxyl groups excluding tert-OH is 1. The van der Waals surface area contributed by atoms with Crippen molar-refractivity contribution in [2.75, 3.05) is 20.3 Å². The number of hydrogen-bond acceptors (Lipinski definition) is 15. The fourth-order valence-electron chi connectivity index (χ4n) is 9.83. The van der Waals surface area contributed by atoms with Gasteiger partial charge in [-0.2, -0.15) is 5.10 Å². The van der Waals surface area contributed by atoms with Crippen LogP contribution >= 0.6 is 0 Å². The number of benzene rings is 2. The van der Waals surface area contributed by atoms with Crippen LogP contribution in [0.4, 0.5) is 0 Å². The lowest BCUT2D eigenvalue weighted by Crippen LogP contribution is -2.53. The summed E-state index contributed by atoms with van der Waals surface area (Å²) < 4.78 is 29.7. The first-order valence-electron chi connectivity index (χ1n) is 23.6. The number of allylic oxidation sites excluding steroid dienone is 1. The number of esters is 1. The van der Waals surface area contributed by atoms with Crippen molar-refractivity contribution >= 4 is 29.2 Å². The zero-order valence-corrected chi connectivity index (χ0v) is 39.3. The average Bonchev–Trinajstić information content (AvgIpc) is 3.26. The number of phenols is 2. The van der Waals surface area contributed by atoms with Gasteiger partial charge >= 0.3 is 5.97 Å². The standard InChI is InChI=1S/C50H69N3O13/c1-27(2)31-20-19-28(3)22-36(31)65-39(55)18-13-11-9-7-8-10-12-14-21-63-26-38(53-52-30(5)54)50(61)24-33-42(37(25-50)66-40-23-34(51)45(56)29(4)64-40)49(60)44-43(47(33)58)46(57)32-16-15-17-35(62-6)41(32)48(44)59/h15-17,28-29,34,36-37,40,45,56,58,60-61H,7-14,18-26,51H2,1-6H3,(H,52,54)/b53-38+/t28-,29+,34+,36-,37+,40+,45-,50+/m1/s1. The highest BCUT2D eigenvalue weighted by Gasteiger charge is 2.50. The Labute approximate surface area is 387 Å². The second kappa shape index (κ2) is 22.4. The monoisotopic (exact) mass is 919 g/mol. The predicted octanol–water partition coefficient (Wildman–Crippen LogP) is 6.53. The summed E-state index contributed by atoms with van der Waals surface area (Å²) in [6, 6.07) is 3.73. The molecule has 2 aromatic rings. The van der Waals surface area contributed by atoms with Gasteiger partial charge < -0.3 is 49.8 Å². The molecule has 0 spiro atoms. The van der Waals surface area contributed by atoms with E-state index in [1.165, 1.54) is 43.4 Å². The minimum Gasteiger partial charge on any atom is -0.507 e. The minimum absolute atomic E-state index is 0.00865. The first kappa shape index (κ1) is 50.7. The molecule has 1 aliphatic heterocycles. The first-order chi connectivity index (χ1) is 31.4. The number of aromatic hydroxyl groups is 2. The average molecular weight is 920 g/mol. The van der Waals surface area contributed by atoms with Crippen LogP contribution in [0.3, 0.4) is 0 Å². The molecule has 4 aliphatic rings. The van der Waals surface area contributed by atoms with Crippen molar-refractivity contribution < 1.29 is 63.3 Å². The number of carbonyl (C=O) groups is 4. The Hall–Kier alpha value is -4.71. The van der Waals surface area contributed by atoms with Crippen LogP contribution in [0.1, 0.15) is 174 Å². The van der Waals surface area contributed by atoms with Gasteiger partial charge in [0.2, 0.25) is 11.7 Å². The molecule has 362 valence electrons. The fourth-order valence-corrected chi connectivity index (χ4v) is 9.83. The number of ether oxygens (including phenoxy) is 5. The highest BCUT2D eigenvalue weighted by Crippen LogP contribution is 2.53. The number of nitrogens with one attached hydrogen (secondary N) is 1. The fraction of sp³-hybridized carbons (Fsp3) is 0.620. The molecule has 2 fully saturated rings. The maximum absolute atomic E-state index is 14.1. The van der Waals surface area contributed by atoms with Gasteiger partial charge in [0, 0.05) is 61.9 Å². The van der Waals surface area contributed by atoms with E-state index in [-0.39, 0.29) is 65.2 Å². The number of aliphatic hydroxyl groups is 2. The van der Waals surface area contributed by atoms with E-state index in [1.807, 2.05) is 0 Å². The minimum atomic E-state index is -2.00. The SMILES string of the molecule is COc1cccc2c1C(=O)c1c(O)c3c(c(O)c1C2=O)C[C@@](O)(/C(COCCCCCCCCCCC(=O)O[C@@H]1C[C@H](C)CCC1=C(C)C)=N/NC(C)=O)C[C@@H]3O[C@H]1C[C@H](N)[C@H](O)[C@H](C)O1. The molecule has 0 radical (unpaired) electrons. The summed E-state index contributed by atoms with van der Waals surface area (Å²) >= 11 is 0. The normalized spacial score (nSPS) is 26.3. The van der Waals surface area contributed by atoms with Gasteiger partial charge in [0.25, 0.3) is 0 Å². The van der Waals surface area contributed by atoms with Gasteiger partial charge in [0.15, 0.2) is 12.1 Å². The summed E-state index contributed by atoms with van der Waals surface area (Å²) in [6.45, 7) is 9.37. The molecule has 16 heteroatoms. The molecule has 3 aliphatic carbocycles. The van der Waals surface area contributed by atoms with E-state index in [2.05, 4.69) is 31.3 Å². The topological polar surface area (TPSA) is 246 Å².